The predicted octanol–water partition coefficient (Wildman–Crippen LogP) is 4.38. The second kappa shape index (κ2) is 9.48. The van der Waals surface area contributed by atoms with Gasteiger partial charge in [0, 0.05) is 49.2 Å². The van der Waals surface area contributed by atoms with E-state index in [0.717, 1.165) is 30.6 Å². The largest absolute Gasteiger partial charge is 0.507 e. The number of halogens is 1. The fourth-order valence-electron chi connectivity index (χ4n) is 5.72. The Bertz CT molecular complexity index is 1560. The fraction of sp³-hybridized carbons (Fsp3) is 0.286. The number of hydrogen-bond acceptors (Lipinski definition) is 6. The van der Waals surface area contributed by atoms with Gasteiger partial charge in [-0.2, -0.15) is 0 Å². The third-order valence-corrected chi connectivity index (χ3v) is 7.30. The van der Waals surface area contributed by atoms with Crippen LogP contribution >= 0.6 is 12.4 Å². The Balaban J connectivity index is 0.00000267. The van der Waals surface area contributed by atoms with Crippen LogP contribution < -0.4 is 15.9 Å². The maximum atomic E-state index is 13.0. The molecule has 2 aliphatic heterocycles. The molecule has 186 valence electrons. The van der Waals surface area contributed by atoms with Gasteiger partial charge in [-0.25, -0.2) is 4.79 Å². The zero-order chi connectivity index (χ0) is 24.1. The van der Waals surface area contributed by atoms with Crippen molar-refractivity contribution in [2.75, 3.05) is 20.2 Å². The van der Waals surface area contributed by atoms with Crippen LogP contribution in [0.15, 0.2) is 74.7 Å². The van der Waals surface area contributed by atoms with Crippen molar-refractivity contribution in [1.29, 1.82) is 0 Å². The van der Waals surface area contributed by atoms with Crippen molar-refractivity contribution in [3.05, 3.63) is 92.7 Å². The number of pyridine rings is 1. The first-order valence-electron chi connectivity index (χ1n) is 11.9. The molecule has 2 unspecified atom stereocenters. The molecule has 6 rings (SSSR count). The summed E-state index contributed by atoms with van der Waals surface area (Å²) in [6.45, 7) is 2.78. The Morgan fingerprint density at radius 1 is 1.03 bits per heavy atom. The van der Waals surface area contributed by atoms with Crippen molar-refractivity contribution in [2.45, 2.75) is 25.4 Å². The van der Waals surface area contributed by atoms with Gasteiger partial charge in [-0.1, -0.05) is 18.2 Å². The monoisotopic (exact) mass is 506 g/mol. The summed E-state index contributed by atoms with van der Waals surface area (Å²) in [5.41, 5.74) is 2.87. The van der Waals surface area contributed by atoms with Crippen LogP contribution in [0, 0.1) is 5.92 Å². The first kappa shape index (κ1) is 24.2. The van der Waals surface area contributed by atoms with E-state index in [1.165, 1.54) is 0 Å². The number of nitrogens with zero attached hydrogens (tertiary/aromatic N) is 2. The van der Waals surface area contributed by atoms with Gasteiger partial charge in [-0.05, 0) is 54.3 Å². The maximum absolute atomic E-state index is 13.0. The summed E-state index contributed by atoms with van der Waals surface area (Å²) in [6, 6.07) is 18.0. The molecule has 2 aliphatic rings. The van der Waals surface area contributed by atoms with Gasteiger partial charge < -0.3 is 18.8 Å². The summed E-state index contributed by atoms with van der Waals surface area (Å²) in [4.78, 5) is 27.6. The highest BCUT2D eigenvalue weighted by Gasteiger charge is 2.35. The number of hydrogen-bond donors (Lipinski definition) is 1. The van der Waals surface area contributed by atoms with Crippen molar-refractivity contribution >= 4 is 23.4 Å². The lowest BCUT2D eigenvalue weighted by molar-refractivity contribution is 0.113. The molecule has 0 aliphatic carbocycles. The van der Waals surface area contributed by atoms with E-state index < -0.39 is 5.63 Å². The number of phenolic OH excluding ortho intramolecular Hbond substituents is 1. The number of aromatic hydroxyl groups is 1. The Morgan fingerprint density at radius 3 is 2.69 bits per heavy atom. The van der Waals surface area contributed by atoms with E-state index in [0.29, 0.717) is 47.0 Å². The van der Waals surface area contributed by atoms with Gasteiger partial charge in [0.25, 0.3) is 5.56 Å². The number of piperidine rings is 1. The number of fused-ring (bicyclic) bond motifs is 5. The van der Waals surface area contributed by atoms with Gasteiger partial charge in [0.05, 0.1) is 18.2 Å². The Morgan fingerprint density at radius 2 is 1.86 bits per heavy atom. The molecular formula is C28H27ClN2O5. The average molecular weight is 507 g/mol. The highest BCUT2D eigenvalue weighted by Crippen LogP contribution is 2.37. The van der Waals surface area contributed by atoms with Crippen molar-refractivity contribution in [1.82, 2.24) is 9.47 Å². The summed E-state index contributed by atoms with van der Waals surface area (Å²) in [5.74, 6) is 1.40. The molecular weight excluding hydrogens is 480 g/mol. The third-order valence-electron chi connectivity index (χ3n) is 7.30. The summed E-state index contributed by atoms with van der Waals surface area (Å²) in [6.07, 6.45) is 1.06. The van der Waals surface area contributed by atoms with Gasteiger partial charge in [0.2, 0.25) is 0 Å². The lowest BCUT2D eigenvalue weighted by Gasteiger charge is -2.42. The molecule has 2 atom stereocenters. The van der Waals surface area contributed by atoms with Crippen LogP contribution in [-0.4, -0.2) is 34.8 Å². The summed E-state index contributed by atoms with van der Waals surface area (Å²) in [7, 11) is 1.59. The smallest absolute Gasteiger partial charge is 0.344 e. The van der Waals surface area contributed by atoms with Gasteiger partial charge in [0.15, 0.2) is 0 Å². The first-order chi connectivity index (χ1) is 17.0. The van der Waals surface area contributed by atoms with Crippen LogP contribution in [0.1, 0.15) is 23.6 Å². The van der Waals surface area contributed by atoms with E-state index in [1.807, 2.05) is 41.0 Å². The molecule has 1 saturated heterocycles. The highest BCUT2D eigenvalue weighted by molar-refractivity contribution is 5.86. The van der Waals surface area contributed by atoms with E-state index in [9.17, 15) is 14.7 Å². The lowest BCUT2D eigenvalue weighted by Crippen LogP contribution is -2.46. The van der Waals surface area contributed by atoms with Gasteiger partial charge in [0.1, 0.15) is 17.1 Å². The quantitative estimate of drug-likeness (QED) is 0.414. The molecule has 0 radical (unpaired) electrons. The lowest BCUT2D eigenvalue weighted by atomic mass is 9.83. The maximum Gasteiger partial charge on any atom is 0.344 e. The summed E-state index contributed by atoms with van der Waals surface area (Å²) < 4.78 is 13.0. The van der Waals surface area contributed by atoms with Crippen LogP contribution in [0.5, 0.6) is 11.5 Å². The molecule has 8 heteroatoms. The van der Waals surface area contributed by atoms with Crippen molar-refractivity contribution in [3.8, 4) is 22.6 Å². The minimum atomic E-state index is -0.457. The van der Waals surface area contributed by atoms with Gasteiger partial charge in [-0.3, -0.25) is 9.69 Å². The number of likely N-dealkylation sites (tertiary alicyclic amines) is 1. The first-order valence-corrected chi connectivity index (χ1v) is 11.9. The Labute approximate surface area is 214 Å². The normalized spacial score (nSPS) is 18.9. The standard InChI is InChI=1S/C28H26N2O5.ClH/c1-34-21-5-2-4-18(11-21)22-12-19-8-9-25(31)23(27(19)35-28(22)33)16-29-13-17-10-20(15-29)24-6-3-7-26(32)30(24)14-17;/h2-9,11-12,17,20,31H,10,13-16H2,1H3;1H. The van der Waals surface area contributed by atoms with Gasteiger partial charge >= 0.3 is 5.63 Å². The van der Waals surface area contributed by atoms with Crippen molar-refractivity contribution in [2.24, 2.45) is 5.92 Å². The molecule has 1 N–H and O–H groups in total. The van der Waals surface area contributed by atoms with E-state index in [-0.39, 0.29) is 29.6 Å². The Kier molecular flexibility index (Phi) is 6.36. The minimum absolute atomic E-state index is 0. The molecule has 0 saturated carbocycles. The number of rotatable bonds is 4. The van der Waals surface area contributed by atoms with Crippen LogP contribution in [0.3, 0.4) is 0 Å². The van der Waals surface area contributed by atoms with E-state index in [1.54, 1.807) is 31.4 Å². The molecule has 7 nitrogen and oxygen atoms in total. The average Bonchev–Trinajstić information content (AvgIpc) is 2.86. The SMILES string of the molecule is COc1cccc(-c2cc3ccc(O)c(CN4CC5CC(C4)c4cccc(=O)n4C5)c3oc2=O)c1.Cl. The van der Waals surface area contributed by atoms with E-state index in [2.05, 4.69) is 4.90 Å². The van der Waals surface area contributed by atoms with Crippen molar-refractivity contribution in [3.63, 3.8) is 0 Å². The molecule has 2 aromatic heterocycles. The topological polar surface area (TPSA) is 84.9 Å². The molecule has 2 aromatic carbocycles. The Hall–Kier alpha value is -3.55. The highest BCUT2D eigenvalue weighted by atomic mass is 35.5. The van der Waals surface area contributed by atoms with Crippen LogP contribution in [0.25, 0.3) is 22.1 Å². The van der Waals surface area contributed by atoms with Crippen LogP contribution in [-0.2, 0) is 13.1 Å². The fourth-order valence-corrected chi connectivity index (χ4v) is 5.72. The molecule has 0 amide bonds. The summed E-state index contributed by atoms with van der Waals surface area (Å²) >= 11 is 0. The second-order valence-corrected chi connectivity index (χ2v) is 9.55. The number of benzene rings is 2. The number of aromatic nitrogens is 1. The minimum Gasteiger partial charge on any atom is -0.507 e. The molecule has 0 spiro atoms. The molecule has 4 aromatic rings. The van der Waals surface area contributed by atoms with Crippen molar-refractivity contribution < 1.29 is 14.3 Å². The molecule has 1 fully saturated rings. The molecule has 36 heavy (non-hydrogen) atoms. The number of phenols is 1. The van der Waals surface area contributed by atoms with Gasteiger partial charge in [-0.15, -0.1) is 12.4 Å². The molecule has 4 heterocycles. The molecule has 2 bridgehead atoms. The second-order valence-electron chi connectivity index (χ2n) is 9.55. The summed E-state index contributed by atoms with van der Waals surface area (Å²) in [5, 5.41) is 11.5. The number of methoxy groups -OCH3 is 1. The zero-order valence-corrected chi connectivity index (χ0v) is 20.7. The predicted molar refractivity (Wildman–Crippen MR) is 140 cm³/mol. The van der Waals surface area contributed by atoms with E-state index in [4.69, 9.17) is 9.15 Å². The third kappa shape index (κ3) is 4.18. The zero-order valence-electron chi connectivity index (χ0n) is 19.8. The van der Waals surface area contributed by atoms with Crippen LogP contribution in [0.2, 0.25) is 0 Å². The van der Waals surface area contributed by atoms with E-state index >= 15 is 0 Å². The van der Waals surface area contributed by atoms with Crippen LogP contribution in [0.4, 0.5) is 0 Å². The number of ether oxygens (including phenoxy) is 1.